The maximum Gasteiger partial charge on any atom is 0.259 e. The summed E-state index contributed by atoms with van der Waals surface area (Å²) in [6.07, 6.45) is 0. The van der Waals surface area contributed by atoms with Crippen LogP contribution in [0.5, 0.6) is 0 Å². The minimum atomic E-state index is -3.66. The number of amides is 1. The molecule has 31 heavy (non-hydrogen) atoms. The molecule has 10 heteroatoms. The van der Waals surface area contributed by atoms with Gasteiger partial charge in [-0.1, -0.05) is 11.2 Å². The molecule has 2 N–H and O–H groups in total. The minimum absolute atomic E-state index is 0.101. The maximum absolute atomic E-state index is 13.2. The van der Waals surface area contributed by atoms with E-state index in [-0.39, 0.29) is 10.6 Å². The molecule has 0 aliphatic carbocycles. The number of benzene rings is 1. The van der Waals surface area contributed by atoms with Crippen molar-refractivity contribution in [2.45, 2.75) is 25.7 Å². The number of anilines is 1. The van der Waals surface area contributed by atoms with E-state index in [1.54, 1.807) is 43.4 Å². The molecule has 4 aromatic rings. The summed E-state index contributed by atoms with van der Waals surface area (Å²) in [6, 6.07) is 10.4. The number of sulfonamides is 1. The minimum Gasteiger partial charge on any atom is -0.335 e. The third-order valence-corrected chi connectivity index (χ3v) is 7.44. The highest BCUT2D eigenvalue weighted by Gasteiger charge is 2.21. The summed E-state index contributed by atoms with van der Waals surface area (Å²) in [6.45, 7) is 5.42. The summed E-state index contributed by atoms with van der Waals surface area (Å²) >= 11 is 1.56. The lowest BCUT2D eigenvalue weighted by Crippen LogP contribution is -2.20. The predicted molar refractivity (Wildman–Crippen MR) is 120 cm³/mol. The molecule has 0 unspecified atom stereocenters. The van der Waals surface area contributed by atoms with Crippen LogP contribution in [0.4, 0.5) is 5.69 Å². The summed E-state index contributed by atoms with van der Waals surface area (Å²) < 4.78 is 32.2. The fourth-order valence-corrected chi connectivity index (χ4v) is 5.07. The number of nitrogens with zero attached hydrogens (tertiary/aromatic N) is 2. The predicted octanol–water partition coefficient (Wildman–Crippen LogP) is 4.04. The molecular formula is C21H20N4O4S2. The molecule has 0 saturated heterocycles. The largest absolute Gasteiger partial charge is 0.335 e. The quantitative estimate of drug-likeness (QED) is 0.468. The summed E-state index contributed by atoms with van der Waals surface area (Å²) in [7, 11) is -2.32. The number of carbonyl (C=O) groups is 1. The van der Waals surface area contributed by atoms with Crippen LogP contribution in [0.1, 0.15) is 26.5 Å². The Morgan fingerprint density at radius 1 is 1.10 bits per heavy atom. The second-order valence-electron chi connectivity index (χ2n) is 7.06. The highest BCUT2D eigenvalue weighted by Crippen LogP contribution is 2.31. The Hall–Kier alpha value is -3.08. The van der Waals surface area contributed by atoms with E-state index in [0.29, 0.717) is 33.6 Å². The Morgan fingerprint density at radius 2 is 1.87 bits per heavy atom. The van der Waals surface area contributed by atoms with Gasteiger partial charge in [-0.05, 0) is 63.7 Å². The van der Waals surface area contributed by atoms with Crippen molar-refractivity contribution in [1.82, 2.24) is 14.9 Å². The average molecular weight is 457 g/mol. The van der Waals surface area contributed by atoms with Crippen molar-refractivity contribution in [2.24, 2.45) is 0 Å². The topological polar surface area (TPSA) is 114 Å². The first kappa shape index (κ1) is 21.2. The molecule has 3 heterocycles. The Labute approximate surface area is 183 Å². The zero-order valence-electron chi connectivity index (χ0n) is 17.3. The highest BCUT2D eigenvalue weighted by molar-refractivity contribution is 7.89. The molecule has 0 radical (unpaired) electrons. The summed E-state index contributed by atoms with van der Waals surface area (Å²) in [4.78, 5) is 19.8. The van der Waals surface area contributed by atoms with Gasteiger partial charge in [0.25, 0.3) is 11.6 Å². The van der Waals surface area contributed by atoms with Crippen molar-refractivity contribution >= 4 is 44.1 Å². The fraction of sp³-hybridized carbons (Fsp3) is 0.190. The first-order chi connectivity index (χ1) is 14.7. The van der Waals surface area contributed by atoms with Crippen LogP contribution in [-0.2, 0) is 10.0 Å². The van der Waals surface area contributed by atoms with Crippen LogP contribution < -0.4 is 10.0 Å². The zero-order chi connectivity index (χ0) is 22.3. The third kappa shape index (κ3) is 3.97. The fourth-order valence-electron chi connectivity index (χ4n) is 3.25. The van der Waals surface area contributed by atoms with Gasteiger partial charge in [0.2, 0.25) is 10.0 Å². The monoisotopic (exact) mass is 456 g/mol. The number of carbonyl (C=O) groups excluding carboxylic acids is 1. The van der Waals surface area contributed by atoms with E-state index >= 15 is 0 Å². The number of nitrogens with one attached hydrogen (secondary N) is 2. The molecule has 3 aromatic heterocycles. The van der Waals surface area contributed by atoms with Crippen molar-refractivity contribution in [3.8, 4) is 10.6 Å². The van der Waals surface area contributed by atoms with Gasteiger partial charge in [-0.25, -0.2) is 18.1 Å². The van der Waals surface area contributed by atoms with Gasteiger partial charge in [0, 0.05) is 10.6 Å². The van der Waals surface area contributed by atoms with E-state index in [9.17, 15) is 13.2 Å². The van der Waals surface area contributed by atoms with Crippen LogP contribution in [0.3, 0.4) is 0 Å². The lowest BCUT2D eigenvalue weighted by atomic mass is 10.1. The number of thiophene rings is 1. The van der Waals surface area contributed by atoms with Crippen molar-refractivity contribution in [1.29, 1.82) is 0 Å². The van der Waals surface area contributed by atoms with E-state index in [1.165, 1.54) is 13.1 Å². The molecule has 0 spiro atoms. The lowest BCUT2D eigenvalue weighted by molar-refractivity contribution is 0.102. The van der Waals surface area contributed by atoms with Gasteiger partial charge in [-0.2, -0.15) is 0 Å². The van der Waals surface area contributed by atoms with Gasteiger partial charge in [-0.3, -0.25) is 4.79 Å². The number of rotatable bonds is 5. The third-order valence-electron chi connectivity index (χ3n) is 4.86. The molecule has 0 aliphatic rings. The zero-order valence-corrected chi connectivity index (χ0v) is 18.9. The average Bonchev–Trinajstić information content (AvgIpc) is 3.34. The van der Waals surface area contributed by atoms with Crippen LogP contribution in [0, 0.1) is 20.8 Å². The van der Waals surface area contributed by atoms with Crippen LogP contribution in [-0.4, -0.2) is 31.5 Å². The van der Waals surface area contributed by atoms with Crippen molar-refractivity contribution in [3.05, 3.63) is 58.1 Å². The maximum atomic E-state index is 13.2. The second-order valence-corrected chi connectivity index (χ2v) is 10.2. The van der Waals surface area contributed by atoms with Gasteiger partial charge < -0.3 is 9.84 Å². The van der Waals surface area contributed by atoms with Crippen LogP contribution in [0.2, 0.25) is 0 Å². The number of aromatic nitrogens is 2. The van der Waals surface area contributed by atoms with Gasteiger partial charge in [-0.15, -0.1) is 11.3 Å². The van der Waals surface area contributed by atoms with Crippen molar-refractivity contribution < 1.29 is 17.7 Å². The van der Waals surface area contributed by atoms with E-state index < -0.39 is 15.9 Å². The molecule has 0 atom stereocenters. The summed E-state index contributed by atoms with van der Waals surface area (Å²) in [5, 5.41) is 7.26. The van der Waals surface area contributed by atoms with Crippen molar-refractivity contribution in [3.63, 3.8) is 0 Å². The molecule has 4 rings (SSSR count). The molecule has 0 aliphatic heterocycles. The Balaban J connectivity index is 1.78. The van der Waals surface area contributed by atoms with E-state index in [2.05, 4.69) is 20.2 Å². The Morgan fingerprint density at radius 3 is 2.55 bits per heavy atom. The van der Waals surface area contributed by atoms with Crippen LogP contribution >= 0.6 is 11.3 Å². The van der Waals surface area contributed by atoms with Crippen LogP contribution in [0.15, 0.2) is 45.8 Å². The molecule has 8 nitrogen and oxygen atoms in total. The standard InChI is InChI=1S/C21H20N4O4S2/c1-11-5-7-14(9-18(11)31(27,28)22-4)23-20(26)15-10-16(17-8-6-12(2)30-17)24-21-19(15)13(3)25-29-21/h5-10,22H,1-4H3,(H,23,26). The molecule has 1 amide bonds. The number of aryl methyl sites for hydroxylation is 3. The molecule has 1 aromatic carbocycles. The van der Waals surface area contributed by atoms with Gasteiger partial charge >= 0.3 is 0 Å². The summed E-state index contributed by atoms with van der Waals surface area (Å²) in [5.41, 5.74) is 2.70. The number of fused-ring (bicyclic) bond motifs is 1. The number of hydrogen-bond donors (Lipinski definition) is 2. The molecule has 0 bridgehead atoms. The first-order valence-electron chi connectivity index (χ1n) is 9.39. The molecule has 0 fully saturated rings. The number of pyridine rings is 1. The van der Waals surface area contributed by atoms with E-state index in [4.69, 9.17) is 4.52 Å². The number of hydrogen-bond acceptors (Lipinski definition) is 7. The molecular weight excluding hydrogens is 436 g/mol. The first-order valence-corrected chi connectivity index (χ1v) is 11.7. The summed E-state index contributed by atoms with van der Waals surface area (Å²) in [5.74, 6) is -0.412. The SMILES string of the molecule is CNS(=O)(=O)c1cc(NC(=O)c2cc(-c3ccc(C)s3)nc3onc(C)c23)ccc1C. The van der Waals surface area contributed by atoms with Crippen molar-refractivity contribution in [2.75, 3.05) is 12.4 Å². The Bertz CT molecular complexity index is 1420. The molecule has 0 saturated carbocycles. The van der Waals surface area contributed by atoms with Gasteiger partial charge in [0.15, 0.2) is 0 Å². The van der Waals surface area contributed by atoms with Crippen LogP contribution in [0.25, 0.3) is 21.7 Å². The van der Waals surface area contributed by atoms with Gasteiger partial charge in [0.05, 0.1) is 32.1 Å². The molecule has 160 valence electrons. The normalized spacial score (nSPS) is 11.7. The second kappa shape index (κ2) is 7.88. The lowest BCUT2D eigenvalue weighted by Gasteiger charge is -2.11. The van der Waals surface area contributed by atoms with Gasteiger partial charge in [0.1, 0.15) is 0 Å². The Kier molecular flexibility index (Phi) is 5.38. The van der Waals surface area contributed by atoms with E-state index in [0.717, 1.165) is 9.75 Å². The van der Waals surface area contributed by atoms with E-state index in [1.807, 2.05) is 19.1 Å². The smallest absolute Gasteiger partial charge is 0.259 e. The highest BCUT2D eigenvalue weighted by atomic mass is 32.2.